The summed E-state index contributed by atoms with van der Waals surface area (Å²) in [5.41, 5.74) is 2.24. The summed E-state index contributed by atoms with van der Waals surface area (Å²) in [5.74, 6) is -1.23. The van der Waals surface area contributed by atoms with Crippen LogP contribution >= 0.6 is 23.2 Å². The molecular weight excluding hydrogens is 519 g/mol. The molecule has 0 amide bonds. The molecule has 186 valence electrons. The Hall–Kier alpha value is -3.13. The lowest BCUT2D eigenvalue weighted by Gasteiger charge is -2.30. The number of benzene rings is 3. The van der Waals surface area contributed by atoms with Gasteiger partial charge in [0, 0.05) is 22.4 Å². The third-order valence-electron chi connectivity index (χ3n) is 5.88. The molecule has 3 aromatic carbocycles. The molecule has 0 aliphatic heterocycles. The average molecular weight is 543 g/mol. The van der Waals surface area contributed by atoms with Gasteiger partial charge in [-0.3, -0.25) is 9.29 Å². The maximum Gasteiger partial charge on any atom is 0.327 e. The molecule has 1 heterocycles. The molecular formula is C27H24Cl2N2O4S. The minimum absolute atomic E-state index is 0.142. The van der Waals surface area contributed by atoms with Crippen LogP contribution in [-0.4, -0.2) is 30.5 Å². The summed E-state index contributed by atoms with van der Waals surface area (Å²) in [5, 5.41) is 12.0. The van der Waals surface area contributed by atoms with Crippen molar-refractivity contribution in [1.82, 2.24) is 4.98 Å². The smallest absolute Gasteiger partial charge is 0.327 e. The fourth-order valence-electron chi connectivity index (χ4n) is 4.11. The van der Waals surface area contributed by atoms with E-state index >= 15 is 0 Å². The predicted octanol–water partition coefficient (Wildman–Crippen LogP) is 7.05. The number of aliphatic carboxylic acids is 1. The van der Waals surface area contributed by atoms with Crippen LogP contribution < -0.4 is 4.31 Å². The lowest BCUT2D eigenvalue weighted by molar-refractivity contribution is -0.138. The van der Waals surface area contributed by atoms with E-state index in [0.29, 0.717) is 6.42 Å². The highest BCUT2D eigenvalue weighted by Crippen LogP contribution is 2.34. The second-order valence-corrected chi connectivity index (χ2v) is 11.1. The molecule has 1 aromatic heterocycles. The molecule has 0 bridgehead atoms. The Morgan fingerprint density at radius 1 is 0.917 bits per heavy atom. The van der Waals surface area contributed by atoms with Crippen LogP contribution in [0.5, 0.6) is 0 Å². The van der Waals surface area contributed by atoms with Gasteiger partial charge in [-0.05, 0) is 76.9 Å². The maximum absolute atomic E-state index is 13.9. The molecule has 0 fully saturated rings. The summed E-state index contributed by atoms with van der Waals surface area (Å²) in [7, 11) is -4.32. The number of unbranched alkanes of at least 4 members (excludes halogenated alkanes) is 1. The molecule has 6 nitrogen and oxygen atoms in total. The number of nitrogens with zero attached hydrogens (tertiary/aromatic N) is 2. The molecule has 0 radical (unpaired) electrons. The SMILES string of the molecule is CCCCC(C(=O)O)N(c1ccc2cc(-c3ccncc3)ccc2c1)S(=O)(=O)c1cc(Cl)cc(Cl)c1. The minimum atomic E-state index is -4.32. The molecule has 36 heavy (non-hydrogen) atoms. The van der Waals surface area contributed by atoms with Gasteiger partial charge in [-0.1, -0.05) is 61.2 Å². The van der Waals surface area contributed by atoms with Crippen molar-refractivity contribution in [3.63, 3.8) is 0 Å². The summed E-state index contributed by atoms with van der Waals surface area (Å²) in [4.78, 5) is 16.2. The summed E-state index contributed by atoms with van der Waals surface area (Å²) in [6.07, 6.45) is 4.85. The van der Waals surface area contributed by atoms with E-state index in [0.717, 1.165) is 32.6 Å². The number of sulfonamides is 1. The molecule has 0 aliphatic carbocycles. The quantitative estimate of drug-likeness (QED) is 0.245. The molecule has 0 aliphatic rings. The van der Waals surface area contributed by atoms with Gasteiger partial charge >= 0.3 is 5.97 Å². The van der Waals surface area contributed by atoms with Gasteiger partial charge in [0.05, 0.1) is 10.6 Å². The minimum Gasteiger partial charge on any atom is -0.480 e. The molecule has 1 unspecified atom stereocenters. The van der Waals surface area contributed by atoms with E-state index in [4.69, 9.17) is 23.2 Å². The first-order valence-corrected chi connectivity index (χ1v) is 13.6. The summed E-state index contributed by atoms with van der Waals surface area (Å²) in [6, 6.07) is 17.4. The number of aromatic nitrogens is 1. The van der Waals surface area contributed by atoms with Crippen molar-refractivity contribution >= 4 is 55.7 Å². The molecule has 1 atom stereocenters. The second-order valence-electron chi connectivity index (χ2n) is 8.38. The number of hydrogen-bond acceptors (Lipinski definition) is 4. The molecule has 0 saturated carbocycles. The van der Waals surface area contributed by atoms with Gasteiger partial charge in [-0.2, -0.15) is 0 Å². The van der Waals surface area contributed by atoms with Crippen molar-refractivity contribution in [2.45, 2.75) is 37.1 Å². The summed E-state index contributed by atoms with van der Waals surface area (Å²) >= 11 is 12.2. The van der Waals surface area contributed by atoms with E-state index in [1.54, 1.807) is 30.6 Å². The number of fused-ring (bicyclic) bond motifs is 1. The standard InChI is InChI=1S/C27H24Cl2N2O4S/c1-2-3-4-26(27(32)33)31(36(34,35)25-16-22(28)15-23(29)17-25)24-8-7-20-13-19(5-6-21(20)14-24)18-9-11-30-12-10-18/h5-17,26H,2-4H2,1H3,(H,32,33). The number of pyridine rings is 1. The molecule has 1 N–H and O–H groups in total. The van der Waals surface area contributed by atoms with Crippen LogP contribution in [0.15, 0.2) is 84.0 Å². The Morgan fingerprint density at radius 3 is 2.19 bits per heavy atom. The van der Waals surface area contributed by atoms with Gasteiger partial charge in [-0.15, -0.1) is 0 Å². The number of hydrogen-bond donors (Lipinski definition) is 1. The fourth-order valence-corrected chi connectivity index (χ4v) is 6.47. The lowest BCUT2D eigenvalue weighted by Crippen LogP contribution is -2.45. The van der Waals surface area contributed by atoms with Crippen molar-refractivity contribution in [1.29, 1.82) is 0 Å². The van der Waals surface area contributed by atoms with Crippen molar-refractivity contribution in [3.05, 3.63) is 89.2 Å². The third kappa shape index (κ3) is 5.48. The first-order valence-electron chi connectivity index (χ1n) is 11.4. The van der Waals surface area contributed by atoms with E-state index in [1.165, 1.54) is 18.2 Å². The van der Waals surface area contributed by atoms with E-state index in [1.807, 2.05) is 37.3 Å². The molecule has 0 saturated heterocycles. The zero-order chi connectivity index (χ0) is 25.9. The Balaban J connectivity index is 1.86. The van der Waals surface area contributed by atoms with Crippen molar-refractivity contribution in [2.24, 2.45) is 0 Å². The topological polar surface area (TPSA) is 87.6 Å². The normalized spacial score (nSPS) is 12.4. The van der Waals surface area contributed by atoms with E-state index < -0.39 is 22.0 Å². The largest absolute Gasteiger partial charge is 0.480 e. The van der Waals surface area contributed by atoms with E-state index in [2.05, 4.69) is 4.98 Å². The van der Waals surface area contributed by atoms with Gasteiger partial charge in [0.1, 0.15) is 6.04 Å². The summed E-state index contributed by atoms with van der Waals surface area (Å²) in [6.45, 7) is 1.92. The number of carboxylic acids is 1. The Morgan fingerprint density at radius 2 is 1.56 bits per heavy atom. The predicted molar refractivity (Wildman–Crippen MR) is 144 cm³/mol. The molecule has 9 heteroatoms. The Kier molecular flexibility index (Phi) is 7.83. The highest BCUT2D eigenvalue weighted by Gasteiger charge is 2.36. The first kappa shape index (κ1) is 25.9. The van der Waals surface area contributed by atoms with Crippen LogP contribution in [0.2, 0.25) is 10.0 Å². The van der Waals surface area contributed by atoms with Gasteiger partial charge in [0.2, 0.25) is 0 Å². The zero-order valence-corrected chi connectivity index (χ0v) is 21.8. The van der Waals surface area contributed by atoms with E-state index in [9.17, 15) is 18.3 Å². The fraction of sp³-hybridized carbons (Fsp3) is 0.185. The Labute approximate surface area is 220 Å². The summed E-state index contributed by atoms with van der Waals surface area (Å²) < 4.78 is 28.7. The highest BCUT2D eigenvalue weighted by molar-refractivity contribution is 7.93. The first-order chi connectivity index (χ1) is 17.2. The van der Waals surface area contributed by atoms with Crippen molar-refractivity contribution < 1.29 is 18.3 Å². The zero-order valence-electron chi connectivity index (χ0n) is 19.4. The van der Waals surface area contributed by atoms with Gasteiger partial charge in [-0.25, -0.2) is 13.2 Å². The molecule has 4 aromatic rings. The van der Waals surface area contributed by atoms with Crippen molar-refractivity contribution in [3.8, 4) is 11.1 Å². The number of halogens is 2. The van der Waals surface area contributed by atoms with E-state index in [-0.39, 0.29) is 27.0 Å². The number of anilines is 1. The van der Waals surface area contributed by atoms with Gasteiger partial charge in [0.25, 0.3) is 10.0 Å². The average Bonchev–Trinajstić information content (AvgIpc) is 2.85. The second kappa shape index (κ2) is 10.9. The van der Waals surface area contributed by atoms with Crippen LogP contribution in [0.3, 0.4) is 0 Å². The lowest BCUT2D eigenvalue weighted by atomic mass is 10.0. The van der Waals surface area contributed by atoms with Gasteiger partial charge in [0.15, 0.2) is 0 Å². The van der Waals surface area contributed by atoms with Crippen LogP contribution in [-0.2, 0) is 14.8 Å². The van der Waals surface area contributed by atoms with Crippen molar-refractivity contribution in [2.75, 3.05) is 4.31 Å². The number of carbonyl (C=O) groups is 1. The van der Waals surface area contributed by atoms with Crippen LogP contribution in [0.1, 0.15) is 26.2 Å². The number of carboxylic acid groups (broad SMARTS) is 1. The molecule has 0 spiro atoms. The number of rotatable bonds is 9. The highest BCUT2D eigenvalue weighted by atomic mass is 35.5. The maximum atomic E-state index is 13.9. The monoisotopic (exact) mass is 542 g/mol. The van der Waals surface area contributed by atoms with Crippen LogP contribution in [0, 0.1) is 0 Å². The molecule has 4 rings (SSSR count). The van der Waals surface area contributed by atoms with Gasteiger partial charge < -0.3 is 5.11 Å². The van der Waals surface area contributed by atoms with Crippen LogP contribution in [0.25, 0.3) is 21.9 Å². The Bertz CT molecular complexity index is 1490. The van der Waals surface area contributed by atoms with Crippen LogP contribution in [0.4, 0.5) is 5.69 Å². The third-order valence-corrected chi connectivity index (χ3v) is 8.14.